The van der Waals surface area contributed by atoms with Crippen LogP contribution in [0.5, 0.6) is 11.5 Å². The largest absolute Gasteiger partial charge is 0.493 e. The van der Waals surface area contributed by atoms with E-state index in [1.807, 2.05) is 0 Å². The van der Waals surface area contributed by atoms with E-state index in [1.165, 1.54) is 19.2 Å². The summed E-state index contributed by atoms with van der Waals surface area (Å²) < 4.78 is 40.0. The van der Waals surface area contributed by atoms with Crippen LogP contribution in [0.2, 0.25) is 0 Å². The average molecular weight is 411 g/mol. The summed E-state index contributed by atoms with van der Waals surface area (Å²) in [5, 5.41) is 14.4. The highest BCUT2D eigenvalue weighted by atomic mass is 19.3. The van der Waals surface area contributed by atoms with Crippen LogP contribution in [0.4, 0.5) is 8.78 Å². The lowest BCUT2D eigenvalue weighted by molar-refractivity contribution is -0.0512. The molecule has 9 heteroatoms. The fourth-order valence-corrected chi connectivity index (χ4v) is 3.75. The first-order valence-corrected chi connectivity index (χ1v) is 9.78. The summed E-state index contributed by atoms with van der Waals surface area (Å²) in [5.41, 5.74) is 0.562. The molecule has 1 aliphatic rings. The molecule has 1 aliphatic carbocycles. The SMILES string of the molecule is COc1cc(-c2noc(CN(C(C)C)C3CCCCC3O)n2)ccc1OC(F)F. The highest BCUT2D eigenvalue weighted by molar-refractivity contribution is 5.60. The quantitative estimate of drug-likeness (QED) is 0.706. The second kappa shape index (κ2) is 9.49. The maximum Gasteiger partial charge on any atom is 0.387 e. The predicted molar refractivity (Wildman–Crippen MR) is 102 cm³/mol. The smallest absolute Gasteiger partial charge is 0.387 e. The summed E-state index contributed by atoms with van der Waals surface area (Å²) in [5.74, 6) is 0.851. The molecular weight excluding hydrogens is 384 g/mol. The van der Waals surface area contributed by atoms with Gasteiger partial charge in [-0.05, 0) is 44.9 Å². The molecule has 1 aromatic heterocycles. The summed E-state index contributed by atoms with van der Waals surface area (Å²) >= 11 is 0. The van der Waals surface area contributed by atoms with Gasteiger partial charge in [-0.3, -0.25) is 4.90 Å². The number of aliphatic hydroxyl groups excluding tert-OH is 1. The number of alkyl halides is 2. The zero-order valence-corrected chi connectivity index (χ0v) is 16.8. The Morgan fingerprint density at radius 3 is 2.66 bits per heavy atom. The Morgan fingerprint density at radius 1 is 1.24 bits per heavy atom. The number of aliphatic hydroxyl groups is 1. The van der Waals surface area contributed by atoms with Crippen molar-refractivity contribution in [3.63, 3.8) is 0 Å². The lowest BCUT2D eigenvalue weighted by atomic mass is 9.90. The number of rotatable bonds is 8. The van der Waals surface area contributed by atoms with Gasteiger partial charge in [0, 0.05) is 17.6 Å². The van der Waals surface area contributed by atoms with Gasteiger partial charge in [-0.15, -0.1) is 0 Å². The molecule has 1 N–H and O–H groups in total. The Labute approximate surface area is 168 Å². The van der Waals surface area contributed by atoms with Crippen LogP contribution in [0.25, 0.3) is 11.4 Å². The van der Waals surface area contributed by atoms with Crippen LogP contribution in [-0.4, -0.2) is 52.1 Å². The minimum atomic E-state index is -2.94. The van der Waals surface area contributed by atoms with E-state index >= 15 is 0 Å². The van der Waals surface area contributed by atoms with E-state index in [9.17, 15) is 13.9 Å². The molecule has 1 fully saturated rings. The summed E-state index contributed by atoms with van der Waals surface area (Å²) in [7, 11) is 1.37. The van der Waals surface area contributed by atoms with Crippen molar-refractivity contribution in [2.24, 2.45) is 0 Å². The zero-order valence-electron chi connectivity index (χ0n) is 16.8. The van der Waals surface area contributed by atoms with E-state index < -0.39 is 6.61 Å². The fraction of sp³-hybridized carbons (Fsp3) is 0.600. The van der Waals surface area contributed by atoms with E-state index in [-0.39, 0.29) is 29.7 Å². The molecule has 0 bridgehead atoms. The molecule has 3 rings (SSSR count). The van der Waals surface area contributed by atoms with Gasteiger partial charge in [0.05, 0.1) is 19.8 Å². The van der Waals surface area contributed by atoms with Crippen LogP contribution in [0.15, 0.2) is 22.7 Å². The first-order chi connectivity index (χ1) is 13.9. The molecular formula is C20H27F2N3O4. The lowest BCUT2D eigenvalue weighted by Crippen LogP contribution is -2.48. The molecule has 29 heavy (non-hydrogen) atoms. The van der Waals surface area contributed by atoms with Gasteiger partial charge in [-0.1, -0.05) is 18.0 Å². The summed E-state index contributed by atoms with van der Waals surface area (Å²) in [6.07, 6.45) is 3.51. The Hall–Kier alpha value is -2.26. The van der Waals surface area contributed by atoms with Crippen LogP contribution in [-0.2, 0) is 6.54 Å². The van der Waals surface area contributed by atoms with E-state index in [0.717, 1.165) is 25.7 Å². The Kier molecular flexibility index (Phi) is 7.02. The topological polar surface area (TPSA) is 80.9 Å². The maximum absolute atomic E-state index is 12.5. The number of benzene rings is 1. The fourth-order valence-electron chi connectivity index (χ4n) is 3.75. The van der Waals surface area contributed by atoms with Crippen molar-refractivity contribution in [2.45, 2.75) is 70.9 Å². The van der Waals surface area contributed by atoms with Crippen molar-refractivity contribution >= 4 is 0 Å². The third-order valence-electron chi connectivity index (χ3n) is 5.21. The number of methoxy groups -OCH3 is 1. The van der Waals surface area contributed by atoms with Gasteiger partial charge in [-0.2, -0.15) is 13.8 Å². The van der Waals surface area contributed by atoms with Crippen LogP contribution in [0, 0.1) is 0 Å². The monoisotopic (exact) mass is 411 g/mol. The Bertz CT molecular complexity index is 800. The number of hydrogen-bond acceptors (Lipinski definition) is 7. The van der Waals surface area contributed by atoms with Crippen molar-refractivity contribution in [1.82, 2.24) is 15.0 Å². The molecule has 1 saturated carbocycles. The van der Waals surface area contributed by atoms with Gasteiger partial charge >= 0.3 is 6.61 Å². The van der Waals surface area contributed by atoms with Crippen molar-refractivity contribution in [3.05, 3.63) is 24.1 Å². The second-order valence-electron chi connectivity index (χ2n) is 7.44. The van der Waals surface area contributed by atoms with Crippen molar-refractivity contribution in [2.75, 3.05) is 7.11 Å². The number of halogens is 2. The minimum absolute atomic E-state index is 0.0602. The normalized spacial score (nSPS) is 19.9. The molecule has 0 aliphatic heterocycles. The predicted octanol–water partition coefficient (Wildman–Crippen LogP) is 3.86. The first-order valence-electron chi connectivity index (χ1n) is 9.78. The van der Waals surface area contributed by atoms with Gasteiger partial charge in [-0.25, -0.2) is 0 Å². The van der Waals surface area contributed by atoms with Gasteiger partial charge in [0.25, 0.3) is 0 Å². The molecule has 7 nitrogen and oxygen atoms in total. The average Bonchev–Trinajstić information content (AvgIpc) is 3.15. The molecule has 0 saturated heterocycles. The molecule has 2 atom stereocenters. The van der Waals surface area contributed by atoms with E-state index in [0.29, 0.717) is 23.8 Å². The number of ether oxygens (including phenoxy) is 2. The van der Waals surface area contributed by atoms with E-state index in [1.54, 1.807) is 6.07 Å². The van der Waals surface area contributed by atoms with Crippen LogP contribution in [0.1, 0.15) is 45.4 Å². The zero-order chi connectivity index (χ0) is 21.0. The number of nitrogens with zero attached hydrogens (tertiary/aromatic N) is 3. The standard InChI is InChI=1S/C20H27F2N3O4/c1-12(2)25(14-6-4-5-7-15(14)26)11-18-23-19(24-29-18)13-8-9-16(28-20(21)22)17(10-13)27-3/h8-10,12,14-15,20,26H,4-7,11H2,1-3H3. The maximum atomic E-state index is 12.5. The first kappa shape index (κ1) is 21.4. The van der Waals surface area contributed by atoms with Gasteiger partial charge in [0.2, 0.25) is 11.7 Å². The summed E-state index contributed by atoms with van der Waals surface area (Å²) in [6.45, 7) is 1.63. The third kappa shape index (κ3) is 5.22. The molecule has 0 amide bonds. The molecule has 2 aromatic rings. The van der Waals surface area contributed by atoms with Gasteiger partial charge in [0.1, 0.15) is 0 Å². The van der Waals surface area contributed by atoms with Crippen molar-refractivity contribution in [3.8, 4) is 22.9 Å². The minimum Gasteiger partial charge on any atom is -0.493 e. The van der Waals surface area contributed by atoms with Gasteiger partial charge < -0.3 is 19.1 Å². The van der Waals surface area contributed by atoms with Crippen molar-refractivity contribution < 1.29 is 27.9 Å². The van der Waals surface area contributed by atoms with Crippen LogP contribution in [0.3, 0.4) is 0 Å². The number of aromatic nitrogens is 2. The molecule has 1 heterocycles. The Balaban J connectivity index is 1.77. The molecule has 2 unspecified atom stereocenters. The number of hydrogen-bond donors (Lipinski definition) is 1. The molecule has 160 valence electrons. The third-order valence-corrected chi connectivity index (χ3v) is 5.21. The Morgan fingerprint density at radius 2 is 2.00 bits per heavy atom. The van der Waals surface area contributed by atoms with Gasteiger partial charge in [0.15, 0.2) is 11.5 Å². The van der Waals surface area contributed by atoms with Crippen LogP contribution >= 0.6 is 0 Å². The molecule has 1 aromatic carbocycles. The van der Waals surface area contributed by atoms with E-state index in [2.05, 4.69) is 33.6 Å². The summed E-state index contributed by atoms with van der Waals surface area (Å²) in [4.78, 5) is 6.62. The molecule has 0 spiro atoms. The van der Waals surface area contributed by atoms with Crippen LogP contribution < -0.4 is 9.47 Å². The molecule has 0 radical (unpaired) electrons. The van der Waals surface area contributed by atoms with Crippen molar-refractivity contribution in [1.29, 1.82) is 0 Å². The highest BCUT2D eigenvalue weighted by Crippen LogP contribution is 2.33. The second-order valence-corrected chi connectivity index (χ2v) is 7.44. The lowest BCUT2D eigenvalue weighted by Gasteiger charge is -2.39. The highest BCUT2D eigenvalue weighted by Gasteiger charge is 2.31. The van der Waals surface area contributed by atoms with E-state index in [4.69, 9.17) is 9.26 Å². The summed E-state index contributed by atoms with van der Waals surface area (Å²) in [6, 6.07) is 4.74.